The molecular weight excluding hydrogens is 304 g/mol. The minimum atomic E-state index is -1.42. The van der Waals surface area contributed by atoms with Crippen LogP contribution in [0.2, 0.25) is 19.6 Å². The van der Waals surface area contributed by atoms with Crippen molar-refractivity contribution in [2.45, 2.75) is 32.0 Å². The first-order valence-corrected chi connectivity index (χ1v) is 12.2. The maximum Gasteiger partial charge on any atom is 0.0784 e. The maximum absolute atomic E-state index is 2.45. The van der Waals surface area contributed by atoms with Gasteiger partial charge in [0.15, 0.2) is 0 Å². The van der Waals surface area contributed by atoms with Crippen molar-refractivity contribution in [1.82, 2.24) is 0 Å². The molecule has 1 heteroatoms. The van der Waals surface area contributed by atoms with Gasteiger partial charge in [-0.15, -0.1) is 0 Å². The number of benzene rings is 3. The Balaban J connectivity index is 2.12. The minimum absolute atomic E-state index is 0.0666. The molecule has 0 N–H and O–H groups in total. The Bertz CT molecular complexity index is 903. The summed E-state index contributed by atoms with van der Waals surface area (Å²) in [6, 6.07) is 26.9. The summed E-state index contributed by atoms with van der Waals surface area (Å²) in [6.45, 7) is 9.73. The summed E-state index contributed by atoms with van der Waals surface area (Å²) in [5.74, 6) is 0. The first kappa shape index (κ1) is 15.4. The van der Waals surface area contributed by atoms with Crippen LogP contribution < -0.4 is 5.19 Å². The van der Waals surface area contributed by atoms with Crippen molar-refractivity contribution in [3.05, 3.63) is 89.5 Å². The van der Waals surface area contributed by atoms with E-state index in [2.05, 4.69) is 99.4 Å². The summed E-state index contributed by atoms with van der Waals surface area (Å²) >= 11 is 0. The van der Waals surface area contributed by atoms with E-state index >= 15 is 0 Å². The van der Waals surface area contributed by atoms with Gasteiger partial charge in [0.05, 0.1) is 8.07 Å². The fraction of sp³-hybridized carbons (Fsp3) is 0.217. The van der Waals surface area contributed by atoms with Crippen LogP contribution in [0.3, 0.4) is 0 Å². The van der Waals surface area contributed by atoms with Crippen LogP contribution >= 0.6 is 0 Å². The minimum Gasteiger partial charge on any atom is -0.0656 e. The third-order valence-corrected chi connectivity index (χ3v) is 7.53. The molecule has 0 heterocycles. The zero-order chi connectivity index (χ0) is 16.9. The smallest absolute Gasteiger partial charge is 0.0656 e. The third kappa shape index (κ3) is 2.04. The largest absolute Gasteiger partial charge is 0.0784 e. The monoisotopic (exact) mass is 328 g/mol. The van der Waals surface area contributed by atoms with Gasteiger partial charge in [0.1, 0.15) is 0 Å². The Labute approximate surface area is 146 Å². The molecule has 1 unspecified atom stereocenters. The summed E-state index contributed by atoms with van der Waals surface area (Å²) in [5, 5.41) is 1.58. The van der Waals surface area contributed by atoms with Crippen LogP contribution in [0.1, 0.15) is 23.6 Å². The van der Waals surface area contributed by atoms with Crippen LogP contribution in [-0.4, -0.2) is 8.07 Å². The van der Waals surface area contributed by atoms with E-state index in [-0.39, 0.29) is 5.41 Å². The molecule has 4 rings (SSSR count). The normalized spacial score (nSPS) is 19.0. The van der Waals surface area contributed by atoms with Crippen LogP contribution in [0.25, 0.3) is 11.1 Å². The number of rotatable bonds is 2. The van der Waals surface area contributed by atoms with Crippen molar-refractivity contribution in [2.24, 2.45) is 0 Å². The lowest BCUT2D eigenvalue weighted by Crippen LogP contribution is -2.39. The highest BCUT2D eigenvalue weighted by Gasteiger charge is 2.42. The second-order valence-electron chi connectivity index (χ2n) is 8.01. The molecule has 0 saturated heterocycles. The molecule has 24 heavy (non-hydrogen) atoms. The zero-order valence-electron chi connectivity index (χ0n) is 14.9. The summed E-state index contributed by atoms with van der Waals surface area (Å²) in [7, 11) is -1.42. The summed E-state index contributed by atoms with van der Waals surface area (Å²) in [6.07, 6.45) is 0. The molecule has 1 atom stereocenters. The van der Waals surface area contributed by atoms with Crippen LogP contribution in [0.5, 0.6) is 0 Å². The molecule has 0 spiro atoms. The molecule has 120 valence electrons. The van der Waals surface area contributed by atoms with Gasteiger partial charge < -0.3 is 0 Å². The van der Waals surface area contributed by atoms with Crippen LogP contribution in [-0.2, 0) is 5.41 Å². The van der Waals surface area contributed by atoms with Gasteiger partial charge in [0.25, 0.3) is 0 Å². The maximum atomic E-state index is 2.45. The van der Waals surface area contributed by atoms with Gasteiger partial charge in [0.2, 0.25) is 0 Å². The van der Waals surface area contributed by atoms with Gasteiger partial charge in [-0.3, -0.25) is 0 Å². The van der Waals surface area contributed by atoms with E-state index in [4.69, 9.17) is 0 Å². The summed E-state index contributed by atoms with van der Waals surface area (Å²) in [5.41, 5.74) is 7.15. The van der Waals surface area contributed by atoms with Gasteiger partial charge in [-0.05, 0) is 34.7 Å². The Kier molecular flexibility index (Phi) is 3.33. The van der Waals surface area contributed by atoms with Crippen molar-refractivity contribution >= 4 is 13.3 Å². The Morgan fingerprint density at radius 1 is 0.667 bits per heavy atom. The van der Waals surface area contributed by atoms with E-state index in [1.807, 2.05) is 0 Å². The van der Waals surface area contributed by atoms with E-state index in [9.17, 15) is 0 Å². The molecule has 0 amide bonds. The SMILES string of the molecule is CC1(c2ccccc2)c2ccccc2-c2c1cccc2[Si](C)(C)C. The van der Waals surface area contributed by atoms with Crippen LogP contribution in [0.15, 0.2) is 72.8 Å². The lowest BCUT2D eigenvalue weighted by Gasteiger charge is -2.29. The molecule has 0 aliphatic heterocycles. The van der Waals surface area contributed by atoms with E-state index in [0.717, 1.165) is 0 Å². The quantitative estimate of drug-likeness (QED) is 0.540. The molecule has 0 saturated carbocycles. The second kappa shape index (κ2) is 5.19. The lowest BCUT2D eigenvalue weighted by molar-refractivity contribution is 0.714. The van der Waals surface area contributed by atoms with E-state index < -0.39 is 8.07 Å². The molecule has 0 bridgehead atoms. The average molecular weight is 329 g/mol. The first-order chi connectivity index (χ1) is 11.4. The van der Waals surface area contributed by atoms with Gasteiger partial charge in [-0.2, -0.15) is 0 Å². The van der Waals surface area contributed by atoms with Crippen molar-refractivity contribution < 1.29 is 0 Å². The van der Waals surface area contributed by atoms with Gasteiger partial charge in [0, 0.05) is 5.41 Å². The summed E-state index contributed by atoms with van der Waals surface area (Å²) < 4.78 is 0. The average Bonchev–Trinajstić information content (AvgIpc) is 2.86. The highest BCUT2D eigenvalue weighted by Crippen LogP contribution is 2.51. The molecule has 0 radical (unpaired) electrons. The third-order valence-electron chi connectivity index (χ3n) is 5.50. The van der Waals surface area contributed by atoms with Crippen molar-refractivity contribution in [3.63, 3.8) is 0 Å². The van der Waals surface area contributed by atoms with Gasteiger partial charge in [-0.1, -0.05) is 97.6 Å². The fourth-order valence-electron chi connectivity index (χ4n) is 4.25. The number of hydrogen-bond donors (Lipinski definition) is 0. The predicted octanol–water partition coefficient (Wildman–Crippen LogP) is 5.57. The van der Waals surface area contributed by atoms with E-state index in [1.165, 1.54) is 27.8 Å². The molecule has 0 aromatic heterocycles. The molecule has 3 aromatic carbocycles. The predicted molar refractivity (Wildman–Crippen MR) is 107 cm³/mol. The first-order valence-electron chi connectivity index (χ1n) is 8.73. The van der Waals surface area contributed by atoms with Crippen molar-refractivity contribution in [3.8, 4) is 11.1 Å². The highest BCUT2D eigenvalue weighted by atomic mass is 28.3. The standard InChI is InChI=1S/C23H24Si/c1-23(17-11-6-5-7-12-17)19-14-9-8-13-18(19)22-20(23)15-10-16-21(22)24(2,3)4/h5-16H,1-4H3. The van der Waals surface area contributed by atoms with Crippen molar-refractivity contribution in [2.75, 3.05) is 0 Å². The molecule has 3 aromatic rings. The van der Waals surface area contributed by atoms with E-state index in [0.29, 0.717) is 0 Å². The number of hydrogen-bond acceptors (Lipinski definition) is 0. The summed E-state index contributed by atoms with van der Waals surface area (Å²) in [4.78, 5) is 0. The van der Waals surface area contributed by atoms with Gasteiger partial charge >= 0.3 is 0 Å². The number of fused-ring (bicyclic) bond motifs is 3. The molecule has 1 aliphatic carbocycles. The molecular formula is C23H24Si. The van der Waals surface area contributed by atoms with Crippen molar-refractivity contribution in [1.29, 1.82) is 0 Å². The van der Waals surface area contributed by atoms with Crippen LogP contribution in [0.4, 0.5) is 0 Å². The van der Waals surface area contributed by atoms with Gasteiger partial charge in [-0.25, -0.2) is 0 Å². The van der Waals surface area contributed by atoms with Crippen LogP contribution in [0, 0.1) is 0 Å². The highest BCUT2D eigenvalue weighted by molar-refractivity contribution is 6.89. The topological polar surface area (TPSA) is 0 Å². The molecule has 0 nitrogen and oxygen atoms in total. The Hall–Kier alpha value is -2.12. The Morgan fingerprint density at radius 2 is 1.29 bits per heavy atom. The Morgan fingerprint density at radius 3 is 2.00 bits per heavy atom. The fourth-order valence-corrected chi connectivity index (χ4v) is 5.86. The second-order valence-corrected chi connectivity index (χ2v) is 13.1. The van der Waals surface area contributed by atoms with E-state index in [1.54, 1.807) is 5.19 Å². The molecule has 0 fully saturated rings. The zero-order valence-corrected chi connectivity index (χ0v) is 15.9. The lowest BCUT2D eigenvalue weighted by atomic mass is 9.74. The molecule has 1 aliphatic rings.